The molecule has 4 heteroatoms. The predicted octanol–water partition coefficient (Wildman–Crippen LogP) is 0.0427. The van der Waals surface area contributed by atoms with Gasteiger partial charge in [0.2, 0.25) is 6.41 Å². The maximum absolute atomic E-state index is 9.43. The highest BCUT2D eigenvalue weighted by Crippen LogP contribution is 1.93. The summed E-state index contributed by atoms with van der Waals surface area (Å²) < 4.78 is 0. The molecule has 0 aliphatic carbocycles. The molecule has 1 fully saturated rings. The lowest BCUT2D eigenvalue weighted by Crippen LogP contribution is -2.06. The third-order valence-electron chi connectivity index (χ3n) is 0.749. The van der Waals surface area contributed by atoms with Crippen molar-refractivity contribution in [1.82, 2.24) is 4.90 Å². The zero-order valence-corrected chi connectivity index (χ0v) is 6.37. The van der Waals surface area contributed by atoms with Crippen LogP contribution in [-0.4, -0.2) is 38.6 Å². The van der Waals surface area contributed by atoms with Crippen molar-refractivity contribution < 1.29 is 14.6 Å². The summed E-state index contributed by atoms with van der Waals surface area (Å²) in [7, 11) is 3.38. The minimum atomic E-state index is 0.750. The molecular formula is C6H13NO3. The number of rotatable bonds is 1. The monoisotopic (exact) mass is 147 g/mol. The van der Waals surface area contributed by atoms with Crippen LogP contribution in [0.4, 0.5) is 0 Å². The number of hydrogen-bond acceptors (Lipinski definition) is 3. The molecule has 1 aliphatic heterocycles. The van der Waals surface area contributed by atoms with Crippen molar-refractivity contribution in [3.8, 4) is 0 Å². The molecule has 0 N–H and O–H groups in total. The van der Waals surface area contributed by atoms with Crippen LogP contribution >= 0.6 is 0 Å². The average molecular weight is 147 g/mol. The summed E-state index contributed by atoms with van der Waals surface area (Å²) in [6.07, 6.45) is 1.81. The van der Waals surface area contributed by atoms with Crippen LogP contribution in [0.5, 0.6) is 0 Å². The first-order chi connectivity index (χ1) is 4.77. The van der Waals surface area contributed by atoms with E-state index >= 15 is 0 Å². The lowest BCUT2D eigenvalue weighted by molar-refractivity contribution is -0.248. The Morgan fingerprint density at radius 2 is 1.70 bits per heavy atom. The van der Waals surface area contributed by atoms with Crippen molar-refractivity contribution in [2.45, 2.75) is 6.42 Å². The Morgan fingerprint density at radius 1 is 1.30 bits per heavy atom. The molecule has 0 aromatic carbocycles. The zero-order valence-electron chi connectivity index (χ0n) is 6.37. The average Bonchev–Trinajstić information content (AvgIpc) is 2.43. The van der Waals surface area contributed by atoms with E-state index in [0.717, 1.165) is 26.0 Å². The Hall–Kier alpha value is -0.610. The molecule has 4 nitrogen and oxygen atoms in total. The molecule has 0 atom stereocenters. The van der Waals surface area contributed by atoms with E-state index in [1.165, 1.54) is 4.90 Å². The SMILES string of the molecule is C1COOC1.CN(C)C=O. The van der Waals surface area contributed by atoms with Crippen molar-refractivity contribution in [3.63, 3.8) is 0 Å². The van der Waals surface area contributed by atoms with Gasteiger partial charge in [-0.05, 0) is 0 Å². The highest BCUT2D eigenvalue weighted by Gasteiger charge is 1.95. The third-order valence-corrected chi connectivity index (χ3v) is 0.749. The lowest BCUT2D eigenvalue weighted by Gasteiger charge is -1.93. The Balaban J connectivity index is 0.000000162. The van der Waals surface area contributed by atoms with Gasteiger partial charge in [-0.25, -0.2) is 9.78 Å². The molecule has 0 saturated carbocycles. The molecule has 1 saturated heterocycles. The Kier molecular flexibility index (Phi) is 6.11. The van der Waals surface area contributed by atoms with Crippen LogP contribution in [0.25, 0.3) is 0 Å². The second kappa shape index (κ2) is 6.51. The fraction of sp³-hybridized carbons (Fsp3) is 0.833. The molecule has 0 bridgehead atoms. The highest BCUT2D eigenvalue weighted by atomic mass is 17.2. The molecule has 1 amide bonds. The zero-order chi connectivity index (χ0) is 7.82. The van der Waals surface area contributed by atoms with Gasteiger partial charge in [-0.1, -0.05) is 0 Å². The molecule has 10 heavy (non-hydrogen) atoms. The predicted molar refractivity (Wildman–Crippen MR) is 36.3 cm³/mol. The second-order valence-corrected chi connectivity index (χ2v) is 2.07. The first-order valence-electron chi connectivity index (χ1n) is 3.13. The van der Waals surface area contributed by atoms with Gasteiger partial charge in [-0.15, -0.1) is 0 Å². The van der Waals surface area contributed by atoms with Gasteiger partial charge in [0.15, 0.2) is 0 Å². The molecule has 0 aromatic rings. The summed E-state index contributed by atoms with van der Waals surface area (Å²) in [5.41, 5.74) is 0. The van der Waals surface area contributed by atoms with E-state index in [1.807, 2.05) is 0 Å². The van der Waals surface area contributed by atoms with Crippen LogP contribution in [0.1, 0.15) is 6.42 Å². The maximum Gasteiger partial charge on any atom is 0.209 e. The van der Waals surface area contributed by atoms with E-state index in [0.29, 0.717) is 0 Å². The molecule has 0 aromatic heterocycles. The first-order valence-corrected chi connectivity index (χ1v) is 3.13. The quantitative estimate of drug-likeness (QED) is 0.388. The molecule has 0 unspecified atom stereocenters. The van der Waals surface area contributed by atoms with Gasteiger partial charge in [-0.2, -0.15) is 0 Å². The van der Waals surface area contributed by atoms with Gasteiger partial charge in [0.25, 0.3) is 0 Å². The normalized spacial score (nSPS) is 15.4. The van der Waals surface area contributed by atoms with E-state index in [-0.39, 0.29) is 0 Å². The van der Waals surface area contributed by atoms with Gasteiger partial charge in [-0.3, -0.25) is 4.79 Å². The fourth-order valence-electron chi connectivity index (χ4n) is 0.295. The highest BCUT2D eigenvalue weighted by molar-refractivity contribution is 5.45. The molecule has 0 radical (unpaired) electrons. The molecule has 1 heterocycles. The maximum atomic E-state index is 9.43. The Labute approximate surface area is 60.6 Å². The standard InChI is InChI=1S/C3H7NO.C3H6O2/c1-4(2)3-5;1-2-4-5-3-1/h3H,1-2H3;1-3H2. The van der Waals surface area contributed by atoms with Crippen LogP contribution in [-0.2, 0) is 14.6 Å². The van der Waals surface area contributed by atoms with E-state index in [1.54, 1.807) is 14.1 Å². The summed E-state index contributed by atoms with van der Waals surface area (Å²) in [4.78, 5) is 19.8. The largest absolute Gasteiger partial charge is 0.351 e. The number of hydrogen-bond donors (Lipinski definition) is 0. The molecule has 1 aliphatic rings. The van der Waals surface area contributed by atoms with Crippen LogP contribution in [0.2, 0.25) is 0 Å². The number of nitrogens with zero attached hydrogens (tertiary/aromatic N) is 1. The number of amides is 1. The number of carbonyl (C=O) groups is 1. The lowest BCUT2D eigenvalue weighted by atomic mass is 10.5. The summed E-state index contributed by atoms with van der Waals surface area (Å²) in [6.45, 7) is 1.56. The van der Waals surface area contributed by atoms with Crippen LogP contribution in [0, 0.1) is 0 Å². The van der Waals surface area contributed by atoms with Gasteiger partial charge < -0.3 is 4.90 Å². The van der Waals surface area contributed by atoms with E-state index < -0.39 is 0 Å². The molecule has 0 spiro atoms. The van der Waals surface area contributed by atoms with E-state index in [2.05, 4.69) is 9.78 Å². The van der Waals surface area contributed by atoms with Crippen molar-refractivity contribution in [3.05, 3.63) is 0 Å². The topological polar surface area (TPSA) is 38.8 Å². The number of carbonyl (C=O) groups excluding carboxylic acids is 1. The van der Waals surface area contributed by atoms with Crippen LogP contribution in [0.15, 0.2) is 0 Å². The van der Waals surface area contributed by atoms with E-state index in [9.17, 15) is 4.79 Å². The van der Waals surface area contributed by atoms with Crippen LogP contribution in [0.3, 0.4) is 0 Å². The van der Waals surface area contributed by atoms with Crippen molar-refractivity contribution in [2.75, 3.05) is 27.3 Å². The van der Waals surface area contributed by atoms with Gasteiger partial charge in [0, 0.05) is 20.5 Å². The van der Waals surface area contributed by atoms with E-state index in [4.69, 9.17) is 0 Å². The Bertz CT molecular complexity index is 73.5. The molecular weight excluding hydrogens is 134 g/mol. The van der Waals surface area contributed by atoms with Crippen molar-refractivity contribution >= 4 is 6.41 Å². The minimum absolute atomic E-state index is 0.750. The van der Waals surface area contributed by atoms with Crippen LogP contribution < -0.4 is 0 Å². The molecule has 60 valence electrons. The third kappa shape index (κ3) is 7.39. The summed E-state index contributed by atoms with van der Waals surface area (Å²) in [6, 6.07) is 0. The first kappa shape index (κ1) is 9.39. The van der Waals surface area contributed by atoms with Crippen molar-refractivity contribution in [2.24, 2.45) is 0 Å². The fourth-order valence-corrected chi connectivity index (χ4v) is 0.295. The summed E-state index contributed by atoms with van der Waals surface area (Å²) >= 11 is 0. The van der Waals surface area contributed by atoms with Gasteiger partial charge >= 0.3 is 0 Å². The minimum Gasteiger partial charge on any atom is -0.351 e. The smallest absolute Gasteiger partial charge is 0.209 e. The second-order valence-electron chi connectivity index (χ2n) is 2.07. The Morgan fingerprint density at radius 3 is 1.80 bits per heavy atom. The van der Waals surface area contributed by atoms with Crippen molar-refractivity contribution in [1.29, 1.82) is 0 Å². The summed E-state index contributed by atoms with van der Waals surface area (Å²) in [5.74, 6) is 0. The summed E-state index contributed by atoms with van der Waals surface area (Å²) in [5, 5.41) is 0. The van der Waals surface area contributed by atoms with Gasteiger partial charge in [0.05, 0.1) is 13.2 Å². The van der Waals surface area contributed by atoms with Gasteiger partial charge in [0.1, 0.15) is 0 Å². The molecule has 1 rings (SSSR count).